The number of hydrogen-bond donors (Lipinski definition) is 2. The molecular formula is C16H18ClN3O. The lowest BCUT2D eigenvalue weighted by molar-refractivity contribution is -0.115. The molecule has 0 aliphatic rings. The molecule has 0 radical (unpaired) electrons. The molecule has 0 spiro atoms. The number of pyridine rings is 1. The van der Waals surface area contributed by atoms with Crippen LogP contribution in [0, 0.1) is 6.92 Å². The molecule has 0 fully saturated rings. The highest BCUT2D eigenvalue weighted by atomic mass is 35.5. The summed E-state index contributed by atoms with van der Waals surface area (Å²) in [6.07, 6.45) is 3.48. The SMILES string of the molecule is Cc1ccc(Cl)cc1NC(=O)CN[C@H](C)c1ccncc1. The third kappa shape index (κ3) is 4.55. The molecule has 110 valence electrons. The highest BCUT2D eigenvalue weighted by Gasteiger charge is 2.09. The summed E-state index contributed by atoms with van der Waals surface area (Å²) in [4.78, 5) is 16.0. The Bertz CT molecular complexity index is 616. The second-order valence-electron chi connectivity index (χ2n) is 4.89. The van der Waals surface area contributed by atoms with Crippen LogP contribution in [0.2, 0.25) is 5.02 Å². The van der Waals surface area contributed by atoms with E-state index in [0.717, 1.165) is 16.8 Å². The van der Waals surface area contributed by atoms with Crippen molar-refractivity contribution in [3.63, 3.8) is 0 Å². The summed E-state index contributed by atoms with van der Waals surface area (Å²) in [5.74, 6) is -0.0960. The molecule has 1 aromatic carbocycles. The average Bonchev–Trinajstić information content (AvgIpc) is 2.49. The van der Waals surface area contributed by atoms with E-state index in [-0.39, 0.29) is 18.5 Å². The Morgan fingerprint density at radius 1 is 1.29 bits per heavy atom. The van der Waals surface area contributed by atoms with Crippen molar-refractivity contribution in [3.8, 4) is 0 Å². The standard InChI is InChI=1S/C16H18ClN3O/c1-11-3-4-14(17)9-15(11)20-16(21)10-19-12(2)13-5-7-18-8-6-13/h3-9,12,19H,10H2,1-2H3,(H,20,21)/t12-/m1/s1. The van der Waals surface area contributed by atoms with Crippen molar-refractivity contribution in [3.05, 3.63) is 58.9 Å². The molecule has 4 nitrogen and oxygen atoms in total. The maximum Gasteiger partial charge on any atom is 0.238 e. The van der Waals surface area contributed by atoms with Crippen molar-refractivity contribution in [2.45, 2.75) is 19.9 Å². The Labute approximate surface area is 129 Å². The summed E-state index contributed by atoms with van der Waals surface area (Å²) < 4.78 is 0. The zero-order valence-electron chi connectivity index (χ0n) is 12.1. The number of anilines is 1. The first kappa shape index (κ1) is 15.5. The zero-order chi connectivity index (χ0) is 15.2. The summed E-state index contributed by atoms with van der Waals surface area (Å²) >= 11 is 5.93. The third-order valence-electron chi connectivity index (χ3n) is 3.25. The van der Waals surface area contributed by atoms with Crippen LogP contribution in [-0.2, 0) is 4.79 Å². The summed E-state index contributed by atoms with van der Waals surface area (Å²) in [5.41, 5.74) is 2.82. The topological polar surface area (TPSA) is 54.0 Å². The fourth-order valence-electron chi connectivity index (χ4n) is 1.94. The molecule has 1 atom stereocenters. The highest BCUT2D eigenvalue weighted by molar-refractivity contribution is 6.31. The number of aromatic nitrogens is 1. The van der Waals surface area contributed by atoms with Gasteiger partial charge in [-0.3, -0.25) is 9.78 Å². The van der Waals surface area contributed by atoms with Gasteiger partial charge in [0, 0.05) is 29.1 Å². The number of nitrogens with zero attached hydrogens (tertiary/aromatic N) is 1. The minimum absolute atomic E-state index is 0.0826. The molecule has 0 saturated heterocycles. The van der Waals surface area contributed by atoms with E-state index in [0.29, 0.717) is 5.02 Å². The molecule has 0 saturated carbocycles. The van der Waals surface area contributed by atoms with Crippen LogP contribution in [0.25, 0.3) is 0 Å². The fourth-order valence-corrected chi connectivity index (χ4v) is 2.11. The van der Waals surface area contributed by atoms with Gasteiger partial charge in [-0.15, -0.1) is 0 Å². The van der Waals surface area contributed by atoms with Crippen molar-refractivity contribution in [1.29, 1.82) is 0 Å². The van der Waals surface area contributed by atoms with Crippen LogP contribution >= 0.6 is 11.6 Å². The van der Waals surface area contributed by atoms with Gasteiger partial charge in [0.1, 0.15) is 0 Å². The second-order valence-corrected chi connectivity index (χ2v) is 5.33. The van der Waals surface area contributed by atoms with Crippen LogP contribution in [0.1, 0.15) is 24.1 Å². The number of rotatable bonds is 5. The third-order valence-corrected chi connectivity index (χ3v) is 3.48. The van der Waals surface area contributed by atoms with Crippen molar-refractivity contribution >= 4 is 23.2 Å². The van der Waals surface area contributed by atoms with E-state index >= 15 is 0 Å². The number of halogens is 1. The molecule has 21 heavy (non-hydrogen) atoms. The van der Waals surface area contributed by atoms with Crippen LogP contribution in [-0.4, -0.2) is 17.4 Å². The van der Waals surface area contributed by atoms with Gasteiger partial charge in [0.05, 0.1) is 6.54 Å². The van der Waals surface area contributed by atoms with Crippen LogP contribution in [0.15, 0.2) is 42.7 Å². The van der Waals surface area contributed by atoms with Gasteiger partial charge in [-0.05, 0) is 49.2 Å². The number of aryl methyl sites for hydroxylation is 1. The second kappa shape index (κ2) is 7.20. The molecule has 5 heteroatoms. The molecule has 0 aliphatic carbocycles. The number of nitrogens with one attached hydrogen (secondary N) is 2. The van der Waals surface area contributed by atoms with Gasteiger partial charge in [-0.25, -0.2) is 0 Å². The summed E-state index contributed by atoms with van der Waals surface area (Å²) in [5, 5.41) is 6.65. The van der Waals surface area contributed by atoms with E-state index in [9.17, 15) is 4.79 Å². The van der Waals surface area contributed by atoms with Gasteiger partial charge in [0.15, 0.2) is 0 Å². The molecule has 0 bridgehead atoms. The van der Waals surface area contributed by atoms with Gasteiger partial charge in [-0.2, -0.15) is 0 Å². The van der Waals surface area contributed by atoms with E-state index in [1.807, 2.05) is 32.0 Å². The van der Waals surface area contributed by atoms with Gasteiger partial charge in [-0.1, -0.05) is 17.7 Å². The smallest absolute Gasteiger partial charge is 0.238 e. The maximum atomic E-state index is 12.0. The van der Waals surface area contributed by atoms with Crippen LogP contribution in [0.3, 0.4) is 0 Å². The first-order valence-corrected chi connectivity index (χ1v) is 7.13. The highest BCUT2D eigenvalue weighted by Crippen LogP contribution is 2.20. The molecule has 1 amide bonds. The van der Waals surface area contributed by atoms with E-state index in [4.69, 9.17) is 11.6 Å². The first-order valence-electron chi connectivity index (χ1n) is 6.75. The van der Waals surface area contributed by atoms with Gasteiger partial charge >= 0.3 is 0 Å². The first-order chi connectivity index (χ1) is 10.1. The molecule has 1 aromatic heterocycles. The number of carbonyl (C=O) groups is 1. The van der Waals surface area contributed by atoms with Gasteiger partial charge in [0.2, 0.25) is 5.91 Å². The lowest BCUT2D eigenvalue weighted by Crippen LogP contribution is -2.30. The number of hydrogen-bond acceptors (Lipinski definition) is 3. The van der Waals surface area contributed by atoms with Crippen molar-refractivity contribution in [1.82, 2.24) is 10.3 Å². The van der Waals surface area contributed by atoms with Crippen molar-refractivity contribution < 1.29 is 4.79 Å². The lowest BCUT2D eigenvalue weighted by Gasteiger charge is -2.14. The Hall–Kier alpha value is -1.91. The molecule has 2 N–H and O–H groups in total. The van der Waals surface area contributed by atoms with E-state index < -0.39 is 0 Å². The zero-order valence-corrected chi connectivity index (χ0v) is 12.8. The normalized spacial score (nSPS) is 12.0. The maximum absolute atomic E-state index is 12.0. The van der Waals surface area contributed by atoms with Crippen LogP contribution in [0.5, 0.6) is 0 Å². The molecule has 2 rings (SSSR count). The number of carbonyl (C=O) groups excluding carboxylic acids is 1. The quantitative estimate of drug-likeness (QED) is 0.891. The monoisotopic (exact) mass is 303 g/mol. The van der Waals surface area contributed by atoms with Crippen LogP contribution < -0.4 is 10.6 Å². The number of benzene rings is 1. The molecule has 0 unspecified atom stereocenters. The Morgan fingerprint density at radius 2 is 2.00 bits per heavy atom. The van der Waals surface area contributed by atoms with Gasteiger partial charge < -0.3 is 10.6 Å². The molecular weight excluding hydrogens is 286 g/mol. The largest absolute Gasteiger partial charge is 0.325 e. The molecule has 0 aliphatic heterocycles. The van der Waals surface area contributed by atoms with Crippen LogP contribution in [0.4, 0.5) is 5.69 Å². The summed E-state index contributed by atoms with van der Waals surface area (Å²) in [7, 11) is 0. The Balaban J connectivity index is 1.89. The van der Waals surface area contributed by atoms with E-state index in [1.54, 1.807) is 24.5 Å². The predicted octanol–water partition coefficient (Wildman–Crippen LogP) is 3.33. The minimum atomic E-state index is -0.0960. The minimum Gasteiger partial charge on any atom is -0.325 e. The van der Waals surface area contributed by atoms with Crippen molar-refractivity contribution in [2.75, 3.05) is 11.9 Å². The lowest BCUT2D eigenvalue weighted by atomic mass is 10.1. The summed E-state index contributed by atoms with van der Waals surface area (Å²) in [6.45, 7) is 4.17. The van der Waals surface area contributed by atoms with E-state index in [2.05, 4.69) is 15.6 Å². The predicted molar refractivity (Wildman–Crippen MR) is 85.5 cm³/mol. The average molecular weight is 304 g/mol. The fraction of sp³-hybridized carbons (Fsp3) is 0.250. The number of amides is 1. The van der Waals surface area contributed by atoms with E-state index in [1.165, 1.54) is 0 Å². The summed E-state index contributed by atoms with van der Waals surface area (Å²) in [6, 6.07) is 9.37. The van der Waals surface area contributed by atoms with Crippen molar-refractivity contribution in [2.24, 2.45) is 0 Å². The molecule has 2 aromatic rings. The molecule has 1 heterocycles. The Kier molecular flexibility index (Phi) is 5.31. The van der Waals surface area contributed by atoms with Gasteiger partial charge in [0.25, 0.3) is 0 Å². The Morgan fingerprint density at radius 3 is 2.71 bits per heavy atom.